The van der Waals surface area contributed by atoms with Crippen LogP contribution in [0.4, 0.5) is 0 Å². The van der Waals surface area contributed by atoms with E-state index in [-0.39, 0.29) is 0 Å². The van der Waals surface area contributed by atoms with E-state index in [1.54, 1.807) is 7.11 Å². The topological polar surface area (TPSA) is 21.6 Å². The molecule has 0 aliphatic heterocycles. The molecule has 0 saturated carbocycles. The van der Waals surface area contributed by atoms with Crippen molar-refractivity contribution in [3.63, 3.8) is 0 Å². The molecule has 2 nitrogen and oxygen atoms in total. The molecule has 116 valence electrons. The van der Waals surface area contributed by atoms with E-state index in [4.69, 9.17) is 4.74 Å². The van der Waals surface area contributed by atoms with Gasteiger partial charge in [-0.15, -0.1) is 0 Å². The number of aliphatic imine (C=N–C) groups is 1. The van der Waals surface area contributed by atoms with Crippen LogP contribution in [0.5, 0.6) is 5.75 Å². The summed E-state index contributed by atoms with van der Waals surface area (Å²) in [6, 6.07) is 8.44. The summed E-state index contributed by atoms with van der Waals surface area (Å²) in [6.07, 6.45) is 5.44. The molecule has 0 aliphatic rings. The Balaban J connectivity index is 0. The number of nitrogens with zero attached hydrogens (tertiary/aromatic N) is 1. The molecule has 1 aromatic carbocycles. The van der Waals surface area contributed by atoms with Gasteiger partial charge in [0, 0.05) is 12.3 Å². The van der Waals surface area contributed by atoms with Gasteiger partial charge in [-0.25, -0.2) is 0 Å². The highest BCUT2D eigenvalue weighted by Gasteiger charge is 2.00. The van der Waals surface area contributed by atoms with E-state index in [0.717, 1.165) is 17.7 Å². The minimum atomic E-state index is 0.465. The molecule has 0 fully saturated rings. The van der Waals surface area contributed by atoms with Crippen LogP contribution in [0.3, 0.4) is 0 Å². The van der Waals surface area contributed by atoms with Gasteiger partial charge in [0.1, 0.15) is 5.75 Å². The molecule has 20 heavy (non-hydrogen) atoms. The van der Waals surface area contributed by atoms with Crippen molar-refractivity contribution in [1.29, 1.82) is 0 Å². The average Bonchev–Trinajstić information content (AvgIpc) is 2.55. The fraction of sp³-hybridized carbons (Fsp3) is 0.611. The Labute approximate surface area is 126 Å². The Morgan fingerprint density at radius 3 is 2.00 bits per heavy atom. The monoisotopic (exact) mass is 279 g/mol. The zero-order valence-corrected chi connectivity index (χ0v) is 14.4. The first-order valence-corrected chi connectivity index (χ1v) is 7.97. The summed E-state index contributed by atoms with van der Waals surface area (Å²) in [5.41, 5.74) is 1.13. The average molecular weight is 279 g/mol. The van der Waals surface area contributed by atoms with Crippen molar-refractivity contribution in [2.75, 3.05) is 7.11 Å². The number of hydrogen-bond acceptors (Lipinski definition) is 2. The lowest BCUT2D eigenvalue weighted by molar-refractivity contribution is 0.415. The van der Waals surface area contributed by atoms with E-state index in [9.17, 15) is 0 Å². The second-order valence-electron chi connectivity index (χ2n) is 3.90. The van der Waals surface area contributed by atoms with Crippen molar-refractivity contribution >= 4 is 6.21 Å². The van der Waals surface area contributed by atoms with Gasteiger partial charge < -0.3 is 4.74 Å². The largest absolute Gasteiger partial charge is 0.497 e. The number of rotatable bonds is 6. The zero-order chi connectivity index (χ0) is 15.8. The van der Waals surface area contributed by atoms with E-state index < -0.39 is 0 Å². The quantitative estimate of drug-likeness (QED) is 0.608. The molecule has 0 saturated heterocycles. The maximum Gasteiger partial charge on any atom is 0.118 e. The van der Waals surface area contributed by atoms with Crippen LogP contribution in [-0.4, -0.2) is 19.4 Å². The van der Waals surface area contributed by atoms with Crippen LogP contribution in [0.2, 0.25) is 0 Å². The van der Waals surface area contributed by atoms with Crippen molar-refractivity contribution < 1.29 is 4.74 Å². The van der Waals surface area contributed by atoms with Crippen LogP contribution >= 0.6 is 0 Å². The maximum atomic E-state index is 5.11. The minimum Gasteiger partial charge on any atom is -0.497 e. The Morgan fingerprint density at radius 1 is 1.05 bits per heavy atom. The third-order valence-electron chi connectivity index (χ3n) is 2.64. The normalized spacial score (nSPS) is 10.9. The molecule has 0 N–H and O–H groups in total. The molecule has 0 heterocycles. The summed E-state index contributed by atoms with van der Waals surface area (Å²) in [5, 5.41) is 0. The van der Waals surface area contributed by atoms with Crippen LogP contribution in [0, 0.1) is 0 Å². The van der Waals surface area contributed by atoms with E-state index in [1.807, 2.05) is 58.2 Å². The van der Waals surface area contributed by atoms with Crippen molar-refractivity contribution in [3.8, 4) is 5.75 Å². The molecular weight excluding hydrogens is 246 g/mol. The molecule has 1 unspecified atom stereocenters. The van der Waals surface area contributed by atoms with Gasteiger partial charge in [-0.3, -0.25) is 4.99 Å². The summed E-state index contributed by atoms with van der Waals surface area (Å²) in [5.74, 6) is 0.887. The van der Waals surface area contributed by atoms with Crippen LogP contribution in [0.15, 0.2) is 29.3 Å². The summed E-state index contributed by atoms with van der Waals surface area (Å²) >= 11 is 0. The Hall–Kier alpha value is -1.31. The molecule has 1 rings (SSSR count). The van der Waals surface area contributed by atoms with Gasteiger partial charge in [0.05, 0.1) is 7.11 Å². The minimum absolute atomic E-state index is 0.465. The van der Waals surface area contributed by atoms with Gasteiger partial charge in [-0.05, 0) is 42.7 Å². The first-order chi connectivity index (χ1) is 9.80. The summed E-state index contributed by atoms with van der Waals surface area (Å²) in [4.78, 5) is 4.59. The van der Waals surface area contributed by atoms with Gasteiger partial charge in [0.2, 0.25) is 0 Å². The second-order valence-corrected chi connectivity index (χ2v) is 3.90. The smallest absolute Gasteiger partial charge is 0.118 e. The predicted octanol–water partition coefficient (Wildman–Crippen LogP) is 5.75. The van der Waals surface area contributed by atoms with Crippen molar-refractivity contribution in [2.24, 2.45) is 4.99 Å². The third-order valence-corrected chi connectivity index (χ3v) is 2.64. The highest BCUT2D eigenvalue weighted by Crippen LogP contribution is 2.11. The maximum absolute atomic E-state index is 5.11. The van der Waals surface area contributed by atoms with E-state index >= 15 is 0 Å². The van der Waals surface area contributed by atoms with Gasteiger partial charge in [-0.1, -0.05) is 48.0 Å². The van der Waals surface area contributed by atoms with Gasteiger partial charge in [0.15, 0.2) is 0 Å². The SMILES string of the molecule is CC.CC.CCCC(CC)N=Cc1ccc(OC)cc1. The summed E-state index contributed by atoms with van der Waals surface area (Å²) < 4.78 is 5.11. The molecule has 0 radical (unpaired) electrons. The molecule has 0 spiro atoms. The second kappa shape index (κ2) is 15.7. The Bertz CT molecular complexity index is 317. The van der Waals surface area contributed by atoms with Gasteiger partial charge >= 0.3 is 0 Å². The molecule has 1 atom stereocenters. The standard InChI is InChI=1S/C14H21NO.2C2H6/c1-4-6-13(5-2)15-11-12-7-9-14(16-3)10-8-12;2*1-2/h7-11,13H,4-6H2,1-3H3;2*1-2H3. The first kappa shape index (κ1) is 21.0. The zero-order valence-electron chi connectivity index (χ0n) is 14.4. The lowest BCUT2D eigenvalue weighted by Gasteiger charge is -2.07. The highest BCUT2D eigenvalue weighted by molar-refractivity contribution is 5.79. The number of ether oxygens (including phenoxy) is 1. The summed E-state index contributed by atoms with van der Waals surface area (Å²) in [6.45, 7) is 12.4. The molecule has 0 aromatic heterocycles. The molecule has 0 amide bonds. The van der Waals surface area contributed by atoms with E-state index in [0.29, 0.717) is 6.04 Å². The number of methoxy groups -OCH3 is 1. The van der Waals surface area contributed by atoms with Crippen molar-refractivity contribution in [3.05, 3.63) is 29.8 Å². The lowest BCUT2D eigenvalue weighted by Crippen LogP contribution is -2.02. The predicted molar refractivity (Wildman–Crippen MR) is 92.3 cm³/mol. The van der Waals surface area contributed by atoms with E-state index in [1.165, 1.54) is 12.8 Å². The Morgan fingerprint density at radius 2 is 1.60 bits per heavy atom. The molecule has 0 aliphatic carbocycles. The molecular formula is C18H33NO. The Kier molecular flexibility index (Phi) is 16.5. The fourth-order valence-electron chi connectivity index (χ4n) is 1.60. The number of hydrogen-bond donors (Lipinski definition) is 0. The van der Waals surface area contributed by atoms with Crippen LogP contribution < -0.4 is 4.74 Å². The fourth-order valence-corrected chi connectivity index (χ4v) is 1.60. The van der Waals surface area contributed by atoms with Gasteiger partial charge in [0.25, 0.3) is 0 Å². The molecule has 1 aromatic rings. The lowest BCUT2D eigenvalue weighted by atomic mass is 10.1. The van der Waals surface area contributed by atoms with Crippen molar-refractivity contribution in [2.45, 2.75) is 66.8 Å². The van der Waals surface area contributed by atoms with Crippen molar-refractivity contribution in [1.82, 2.24) is 0 Å². The van der Waals surface area contributed by atoms with E-state index in [2.05, 4.69) is 18.8 Å². The number of benzene rings is 1. The first-order valence-electron chi connectivity index (χ1n) is 7.97. The highest BCUT2D eigenvalue weighted by atomic mass is 16.5. The van der Waals surface area contributed by atoms with Gasteiger partial charge in [-0.2, -0.15) is 0 Å². The van der Waals surface area contributed by atoms with Crippen LogP contribution in [-0.2, 0) is 0 Å². The van der Waals surface area contributed by atoms with Crippen LogP contribution in [0.25, 0.3) is 0 Å². The molecule has 2 heteroatoms. The van der Waals surface area contributed by atoms with Crippen LogP contribution in [0.1, 0.15) is 66.4 Å². The summed E-state index contributed by atoms with van der Waals surface area (Å²) in [7, 11) is 1.68. The third kappa shape index (κ3) is 9.60. The molecule has 0 bridgehead atoms.